The van der Waals surface area contributed by atoms with E-state index >= 15 is 0 Å². The molecule has 7 nitrogen and oxygen atoms in total. The molecule has 1 unspecified atom stereocenters. The first-order valence-electron chi connectivity index (χ1n) is 7.53. The maximum Gasteiger partial charge on any atom is 0.242 e. The van der Waals surface area contributed by atoms with Crippen LogP contribution < -0.4 is 10.6 Å². The van der Waals surface area contributed by atoms with Gasteiger partial charge in [0.15, 0.2) is 0 Å². The zero-order chi connectivity index (χ0) is 17.9. The predicted molar refractivity (Wildman–Crippen MR) is 93.6 cm³/mol. The molecule has 24 heavy (non-hydrogen) atoms. The van der Waals surface area contributed by atoms with Gasteiger partial charge >= 0.3 is 0 Å². The highest BCUT2D eigenvalue weighted by atomic mass is 35.5. The molecule has 9 heteroatoms. The Morgan fingerprint density at radius 3 is 2.58 bits per heavy atom. The number of rotatable bonds is 4. The normalized spacial score (nSPS) is 18.9. The van der Waals surface area contributed by atoms with Gasteiger partial charge in [-0.15, -0.1) is 0 Å². The van der Waals surface area contributed by atoms with Crippen molar-refractivity contribution in [1.82, 2.24) is 4.31 Å². The molecule has 1 aromatic carbocycles. The molecule has 1 aromatic rings. The number of carbonyl (C=O) groups is 2. The molecule has 2 N–H and O–H groups in total. The van der Waals surface area contributed by atoms with E-state index in [1.807, 2.05) is 0 Å². The number of sulfonamides is 1. The van der Waals surface area contributed by atoms with Gasteiger partial charge in [-0.2, -0.15) is 4.31 Å². The van der Waals surface area contributed by atoms with Crippen LogP contribution in [0.3, 0.4) is 0 Å². The van der Waals surface area contributed by atoms with Crippen LogP contribution in [-0.2, 0) is 19.6 Å². The Bertz CT molecular complexity index is 751. The quantitative estimate of drug-likeness (QED) is 0.844. The Labute approximate surface area is 146 Å². The highest BCUT2D eigenvalue weighted by molar-refractivity contribution is 7.88. The number of amides is 2. The molecule has 1 heterocycles. The van der Waals surface area contributed by atoms with Gasteiger partial charge in [0.05, 0.1) is 17.0 Å². The molecule has 1 atom stereocenters. The minimum Gasteiger partial charge on any atom is -0.326 e. The summed E-state index contributed by atoms with van der Waals surface area (Å²) in [5.74, 6) is -0.674. The van der Waals surface area contributed by atoms with Gasteiger partial charge in [0, 0.05) is 19.2 Å². The lowest BCUT2D eigenvalue weighted by Crippen LogP contribution is -2.49. The number of halogens is 1. The highest BCUT2D eigenvalue weighted by Crippen LogP contribution is 2.27. The van der Waals surface area contributed by atoms with E-state index in [0.717, 1.165) is 19.1 Å². The second kappa shape index (κ2) is 7.50. The smallest absolute Gasteiger partial charge is 0.242 e. The van der Waals surface area contributed by atoms with Crippen molar-refractivity contribution in [2.45, 2.75) is 32.2 Å². The highest BCUT2D eigenvalue weighted by Gasteiger charge is 2.34. The summed E-state index contributed by atoms with van der Waals surface area (Å²) in [4.78, 5) is 23.7. The van der Waals surface area contributed by atoms with Gasteiger partial charge in [-0.25, -0.2) is 8.42 Å². The number of nitrogens with zero attached hydrogens (tertiary/aromatic N) is 1. The van der Waals surface area contributed by atoms with Crippen molar-refractivity contribution in [1.29, 1.82) is 0 Å². The fourth-order valence-electron chi connectivity index (χ4n) is 2.68. The number of hydrogen-bond acceptors (Lipinski definition) is 4. The summed E-state index contributed by atoms with van der Waals surface area (Å²) in [6.07, 6.45) is 3.07. The minimum atomic E-state index is -3.46. The van der Waals surface area contributed by atoms with Crippen molar-refractivity contribution in [3.8, 4) is 0 Å². The first kappa shape index (κ1) is 18.7. The fraction of sp³-hybridized carbons (Fsp3) is 0.467. The number of piperidine rings is 1. The van der Waals surface area contributed by atoms with E-state index in [4.69, 9.17) is 11.6 Å². The molecule has 132 valence electrons. The molecule has 1 saturated heterocycles. The summed E-state index contributed by atoms with van der Waals surface area (Å²) in [6, 6.07) is 3.95. The van der Waals surface area contributed by atoms with E-state index in [-0.39, 0.29) is 5.91 Å². The monoisotopic (exact) mass is 373 g/mol. The van der Waals surface area contributed by atoms with Crippen molar-refractivity contribution in [2.24, 2.45) is 0 Å². The van der Waals surface area contributed by atoms with Crippen LogP contribution in [0.5, 0.6) is 0 Å². The van der Waals surface area contributed by atoms with Gasteiger partial charge in [0.1, 0.15) is 6.04 Å². The van der Waals surface area contributed by atoms with Gasteiger partial charge in [-0.05, 0) is 31.0 Å². The van der Waals surface area contributed by atoms with Gasteiger partial charge in [0.2, 0.25) is 21.8 Å². The van der Waals surface area contributed by atoms with Gasteiger partial charge in [-0.1, -0.05) is 18.0 Å². The summed E-state index contributed by atoms with van der Waals surface area (Å²) >= 11 is 6.08. The van der Waals surface area contributed by atoms with E-state index in [2.05, 4.69) is 10.6 Å². The van der Waals surface area contributed by atoms with Crippen molar-refractivity contribution in [2.75, 3.05) is 23.4 Å². The summed E-state index contributed by atoms with van der Waals surface area (Å²) in [5, 5.41) is 5.58. The van der Waals surface area contributed by atoms with Crippen LogP contribution in [0.4, 0.5) is 11.4 Å². The lowest BCUT2D eigenvalue weighted by atomic mass is 10.0. The largest absolute Gasteiger partial charge is 0.326 e. The zero-order valence-corrected chi connectivity index (χ0v) is 15.1. The Morgan fingerprint density at radius 1 is 1.25 bits per heavy atom. The average molecular weight is 374 g/mol. The third-order valence-corrected chi connectivity index (χ3v) is 5.35. The second-order valence-electron chi connectivity index (χ2n) is 5.75. The molecule has 0 spiro atoms. The molecule has 1 aliphatic rings. The lowest BCUT2D eigenvalue weighted by Gasteiger charge is -2.32. The number of benzene rings is 1. The molecule has 0 saturated carbocycles. The number of hydrogen-bond donors (Lipinski definition) is 2. The maximum absolute atomic E-state index is 12.5. The second-order valence-corrected chi connectivity index (χ2v) is 8.09. The molecule has 0 bridgehead atoms. The third kappa shape index (κ3) is 4.68. The van der Waals surface area contributed by atoms with Crippen LogP contribution in [0.2, 0.25) is 5.02 Å². The van der Waals surface area contributed by atoms with Crippen molar-refractivity contribution >= 4 is 44.8 Å². The van der Waals surface area contributed by atoms with Crippen molar-refractivity contribution in [3.63, 3.8) is 0 Å². The number of carbonyl (C=O) groups excluding carboxylic acids is 2. The van der Waals surface area contributed by atoms with Crippen molar-refractivity contribution < 1.29 is 18.0 Å². The molecular formula is C15H20ClN3O4S. The molecule has 1 fully saturated rings. The molecule has 1 aliphatic heterocycles. The number of anilines is 2. The van der Waals surface area contributed by atoms with E-state index in [1.54, 1.807) is 12.1 Å². The SMILES string of the molecule is CC(=O)Nc1ccc(Cl)c(NC(=O)C2CCCCN2S(C)(=O)=O)c1. The first-order chi connectivity index (χ1) is 11.2. The van der Waals surface area contributed by atoms with E-state index in [0.29, 0.717) is 29.4 Å². The summed E-state index contributed by atoms with van der Waals surface area (Å²) in [7, 11) is -3.46. The molecule has 2 amide bonds. The molecule has 0 aromatic heterocycles. The third-order valence-electron chi connectivity index (χ3n) is 3.73. The van der Waals surface area contributed by atoms with E-state index < -0.39 is 22.0 Å². The molecule has 0 radical (unpaired) electrons. The zero-order valence-electron chi connectivity index (χ0n) is 13.5. The van der Waals surface area contributed by atoms with E-state index in [9.17, 15) is 18.0 Å². The Balaban J connectivity index is 2.20. The van der Waals surface area contributed by atoms with Crippen LogP contribution >= 0.6 is 11.6 Å². The Kier molecular flexibility index (Phi) is 5.84. The van der Waals surface area contributed by atoms with Crippen LogP contribution in [0, 0.1) is 0 Å². The van der Waals surface area contributed by atoms with Crippen molar-refractivity contribution in [3.05, 3.63) is 23.2 Å². The average Bonchev–Trinajstić information content (AvgIpc) is 2.49. The van der Waals surface area contributed by atoms with Crippen LogP contribution in [0.1, 0.15) is 26.2 Å². The number of nitrogens with one attached hydrogen (secondary N) is 2. The molecule has 2 rings (SSSR count). The van der Waals surface area contributed by atoms with Gasteiger partial charge < -0.3 is 10.6 Å². The van der Waals surface area contributed by atoms with Crippen LogP contribution in [0.25, 0.3) is 0 Å². The Morgan fingerprint density at radius 2 is 1.96 bits per heavy atom. The molecule has 0 aliphatic carbocycles. The van der Waals surface area contributed by atoms with Gasteiger partial charge in [0.25, 0.3) is 0 Å². The van der Waals surface area contributed by atoms with Gasteiger partial charge in [-0.3, -0.25) is 9.59 Å². The van der Waals surface area contributed by atoms with Crippen LogP contribution in [0.15, 0.2) is 18.2 Å². The molecular weight excluding hydrogens is 354 g/mol. The summed E-state index contributed by atoms with van der Waals surface area (Å²) < 4.78 is 25.0. The minimum absolute atomic E-state index is 0.245. The topological polar surface area (TPSA) is 95.6 Å². The van der Waals surface area contributed by atoms with E-state index in [1.165, 1.54) is 17.3 Å². The predicted octanol–water partition coefficient (Wildman–Crippen LogP) is 2.05. The fourth-order valence-corrected chi connectivity index (χ4v) is 3.97. The first-order valence-corrected chi connectivity index (χ1v) is 9.76. The summed E-state index contributed by atoms with van der Waals surface area (Å²) in [5.41, 5.74) is 0.817. The lowest BCUT2D eigenvalue weighted by molar-refractivity contribution is -0.120. The Hall–Kier alpha value is -1.64. The summed E-state index contributed by atoms with van der Waals surface area (Å²) in [6.45, 7) is 1.70. The van der Waals surface area contributed by atoms with Crippen LogP contribution in [-0.4, -0.2) is 43.4 Å². The standard InChI is InChI=1S/C15H20ClN3O4S/c1-10(20)17-11-6-7-12(16)13(9-11)18-15(21)14-5-3-4-8-19(14)24(2,22)23/h6-7,9,14H,3-5,8H2,1-2H3,(H,17,20)(H,18,21). The maximum atomic E-state index is 12.5.